The number of nitrogens with zero attached hydrogens (tertiary/aromatic N) is 3. The summed E-state index contributed by atoms with van der Waals surface area (Å²) in [5.74, 6) is -0.159. The average molecular weight is 318 g/mol. The van der Waals surface area contributed by atoms with Crippen molar-refractivity contribution < 1.29 is 14.5 Å². The Morgan fingerprint density at radius 2 is 2.33 bits per heavy atom. The van der Waals surface area contributed by atoms with Crippen LogP contribution in [0.2, 0.25) is 0 Å². The zero-order chi connectivity index (χ0) is 13.7. The number of rotatable bonds is 5. The van der Waals surface area contributed by atoms with E-state index in [1.807, 2.05) is 0 Å². The first-order chi connectivity index (χ1) is 8.45. The van der Waals surface area contributed by atoms with Crippen molar-refractivity contribution in [3.05, 3.63) is 26.9 Å². The molecule has 0 amide bonds. The highest BCUT2D eigenvalue weighted by molar-refractivity contribution is 9.10. The lowest BCUT2D eigenvalue weighted by Crippen LogP contribution is -2.23. The van der Waals surface area contributed by atoms with E-state index in [0.717, 1.165) is 0 Å². The SMILES string of the molecule is COC(=O)CCN(C)c1ncc(Br)cc1[N+](=O)[O-]. The van der Waals surface area contributed by atoms with Gasteiger partial charge in [0.2, 0.25) is 5.82 Å². The van der Waals surface area contributed by atoms with Crippen LogP contribution in [0.4, 0.5) is 11.5 Å². The largest absolute Gasteiger partial charge is 0.469 e. The second kappa shape index (κ2) is 6.29. The van der Waals surface area contributed by atoms with Crippen LogP contribution >= 0.6 is 15.9 Å². The predicted octanol–water partition coefficient (Wildman–Crippen LogP) is 1.75. The number of ether oxygens (including phenoxy) is 1. The molecule has 0 aliphatic carbocycles. The van der Waals surface area contributed by atoms with E-state index in [1.165, 1.54) is 19.4 Å². The summed E-state index contributed by atoms with van der Waals surface area (Å²) < 4.78 is 5.03. The molecule has 98 valence electrons. The summed E-state index contributed by atoms with van der Waals surface area (Å²) in [4.78, 5) is 26.9. The third-order valence-corrected chi connectivity index (χ3v) is 2.68. The van der Waals surface area contributed by atoms with Gasteiger partial charge >= 0.3 is 11.7 Å². The van der Waals surface area contributed by atoms with Crippen molar-refractivity contribution in [1.29, 1.82) is 0 Å². The maximum absolute atomic E-state index is 11.0. The number of hydrogen-bond acceptors (Lipinski definition) is 6. The zero-order valence-corrected chi connectivity index (χ0v) is 11.5. The van der Waals surface area contributed by atoms with Gasteiger partial charge in [-0.1, -0.05) is 0 Å². The molecule has 0 aromatic carbocycles. The summed E-state index contributed by atoms with van der Waals surface area (Å²) >= 11 is 3.13. The lowest BCUT2D eigenvalue weighted by Gasteiger charge is -2.17. The molecule has 0 aliphatic rings. The summed E-state index contributed by atoms with van der Waals surface area (Å²) in [7, 11) is 2.93. The van der Waals surface area contributed by atoms with Crippen molar-refractivity contribution in [2.24, 2.45) is 0 Å². The Balaban J connectivity index is 2.88. The van der Waals surface area contributed by atoms with Gasteiger partial charge in [0.05, 0.1) is 18.5 Å². The van der Waals surface area contributed by atoms with Gasteiger partial charge in [-0.05, 0) is 15.9 Å². The van der Waals surface area contributed by atoms with E-state index in [2.05, 4.69) is 25.7 Å². The minimum atomic E-state index is -0.512. The fraction of sp³-hybridized carbons (Fsp3) is 0.400. The maximum Gasteiger partial charge on any atom is 0.312 e. The normalized spacial score (nSPS) is 9.94. The van der Waals surface area contributed by atoms with E-state index >= 15 is 0 Å². The number of anilines is 1. The van der Waals surface area contributed by atoms with Crippen molar-refractivity contribution >= 4 is 33.4 Å². The molecule has 0 spiro atoms. The number of carbonyl (C=O) groups is 1. The molecule has 7 nitrogen and oxygen atoms in total. The topological polar surface area (TPSA) is 85.6 Å². The Kier molecular flexibility index (Phi) is 5.02. The molecule has 0 unspecified atom stereocenters. The molecule has 18 heavy (non-hydrogen) atoms. The van der Waals surface area contributed by atoms with E-state index in [1.54, 1.807) is 11.9 Å². The Morgan fingerprint density at radius 1 is 1.67 bits per heavy atom. The molecule has 0 bridgehead atoms. The first-order valence-electron chi connectivity index (χ1n) is 5.03. The Morgan fingerprint density at radius 3 is 2.89 bits per heavy atom. The molecule has 8 heteroatoms. The maximum atomic E-state index is 11.0. The van der Waals surface area contributed by atoms with Crippen molar-refractivity contribution in [1.82, 2.24) is 4.98 Å². The van der Waals surface area contributed by atoms with Crippen LogP contribution in [0.3, 0.4) is 0 Å². The number of nitro groups is 1. The number of carbonyl (C=O) groups excluding carboxylic acids is 1. The fourth-order valence-electron chi connectivity index (χ4n) is 1.32. The van der Waals surface area contributed by atoms with Crippen LogP contribution in [0.5, 0.6) is 0 Å². The van der Waals surface area contributed by atoms with Gasteiger partial charge in [-0.2, -0.15) is 0 Å². The first-order valence-corrected chi connectivity index (χ1v) is 5.83. The molecular weight excluding hydrogens is 306 g/mol. The zero-order valence-electron chi connectivity index (χ0n) is 9.92. The van der Waals surface area contributed by atoms with Crippen molar-refractivity contribution in [2.75, 3.05) is 25.6 Å². The Hall–Kier alpha value is -1.70. The molecule has 0 aliphatic heterocycles. The molecule has 1 aromatic heterocycles. The highest BCUT2D eigenvalue weighted by Crippen LogP contribution is 2.27. The van der Waals surface area contributed by atoms with Crippen LogP contribution in [-0.2, 0) is 9.53 Å². The fourth-order valence-corrected chi connectivity index (χ4v) is 1.64. The van der Waals surface area contributed by atoms with Gasteiger partial charge in [-0.25, -0.2) is 4.98 Å². The van der Waals surface area contributed by atoms with E-state index < -0.39 is 4.92 Å². The average Bonchev–Trinajstić information content (AvgIpc) is 2.35. The second-order valence-corrected chi connectivity index (χ2v) is 4.42. The van der Waals surface area contributed by atoms with Gasteiger partial charge in [0.15, 0.2) is 0 Å². The molecule has 0 fully saturated rings. The number of pyridine rings is 1. The van der Waals surface area contributed by atoms with Gasteiger partial charge in [0.1, 0.15) is 0 Å². The minimum Gasteiger partial charge on any atom is -0.469 e. The van der Waals surface area contributed by atoms with Crippen molar-refractivity contribution in [3.63, 3.8) is 0 Å². The monoisotopic (exact) mass is 317 g/mol. The number of aromatic nitrogens is 1. The van der Waals surface area contributed by atoms with Gasteiger partial charge in [0, 0.05) is 30.3 Å². The van der Waals surface area contributed by atoms with Crippen LogP contribution < -0.4 is 4.90 Å². The van der Waals surface area contributed by atoms with E-state index in [9.17, 15) is 14.9 Å². The number of hydrogen-bond donors (Lipinski definition) is 0. The molecule has 0 N–H and O–H groups in total. The quantitative estimate of drug-likeness (QED) is 0.467. The summed E-state index contributed by atoms with van der Waals surface area (Å²) in [5.41, 5.74) is -0.114. The second-order valence-electron chi connectivity index (χ2n) is 3.50. The molecule has 1 rings (SSSR count). The lowest BCUT2D eigenvalue weighted by atomic mass is 10.3. The number of esters is 1. The highest BCUT2D eigenvalue weighted by atomic mass is 79.9. The van der Waals surface area contributed by atoms with Gasteiger partial charge in [0.25, 0.3) is 0 Å². The summed E-state index contributed by atoms with van der Waals surface area (Å²) in [6.45, 7) is 0.294. The molecule has 0 saturated carbocycles. The molecule has 0 radical (unpaired) electrons. The van der Waals surface area contributed by atoms with Crippen LogP contribution in [0.15, 0.2) is 16.7 Å². The predicted molar refractivity (Wildman–Crippen MR) is 68.5 cm³/mol. The lowest BCUT2D eigenvalue weighted by molar-refractivity contribution is -0.384. The summed E-state index contributed by atoms with van der Waals surface area (Å²) in [5, 5.41) is 10.9. The Bertz CT molecular complexity index is 466. The van der Waals surface area contributed by atoms with E-state index in [-0.39, 0.29) is 23.9 Å². The third kappa shape index (κ3) is 3.66. The molecule has 0 saturated heterocycles. The summed E-state index contributed by atoms with van der Waals surface area (Å²) in [6, 6.07) is 1.37. The van der Waals surface area contributed by atoms with E-state index in [0.29, 0.717) is 11.0 Å². The smallest absolute Gasteiger partial charge is 0.312 e. The molecule has 1 aromatic rings. The number of methoxy groups -OCH3 is 1. The van der Waals surface area contributed by atoms with Crippen LogP contribution in [-0.4, -0.2) is 36.6 Å². The van der Waals surface area contributed by atoms with Crippen LogP contribution in [0.1, 0.15) is 6.42 Å². The number of halogens is 1. The molecule has 0 atom stereocenters. The molecular formula is C10H12BrN3O4. The van der Waals surface area contributed by atoms with Gasteiger partial charge in [-0.3, -0.25) is 14.9 Å². The third-order valence-electron chi connectivity index (χ3n) is 2.25. The van der Waals surface area contributed by atoms with Crippen molar-refractivity contribution in [2.45, 2.75) is 6.42 Å². The van der Waals surface area contributed by atoms with Crippen LogP contribution in [0, 0.1) is 10.1 Å². The van der Waals surface area contributed by atoms with Gasteiger partial charge in [-0.15, -0.1) is 0 Å². The van der Waals surface area contributed by atoms with E-state index in [4.69, 9.17) is 0 Å². The van der Waals surface area contributed by atoms with Gasteiger partial charge < -0.3 is 9.64 Å². The standard InChI is InChI=1S/C10H12BrN3O4/c1-13(4-3-9(15)18-2)10-8(14(16)17)5-7(11)6-12-10/h5-6H,3-4H2,1-2H3. The Labute approximate surface area is 112 Å². The molecule has 1 heterocycles. The first kappa shape index (κ1) is 14.4. The minimum absolute atomic E-state index is 0.114. The highest BCUT2D eigenvalue weighted by Gasteiger charge is 2.19. The van der Waals surface area contributed by atoms with Crippen LogP contribution in [0.25, 0.3) is 0 Å². The van der Waals surface area contributed by atoms with Crippen molar-refractivity contribution in [3.8, 4) is 0 Å². The summed E-state index contributed by atoms with van der Waals surface area (Å²) in [6.07, 6.45) is 1.61.